The van der Waals surface area contributed by atoms with Gasteiger partial charge in [-0.05, 0) is 35.6 Å². The third-order valence-electron chi connectivity index (χ3n) is 2.29. The zero-order chi connectivity index (χ0) is 10.0. The van der Waals surface area contributed by atoms with E-state index in [-0.39, 0.29) is 0 Å². The Morgan fingerprint density at radius 3 is 2.38 bits per heavy atom. The highest BCUT2D eigenvalue weighted by atomic mass is 79.9. The Labute approximate surface area is 97.0 Å². The van der Waals surface area contributed by atoms with E-state index in [0.717, 1.165) is 4.47 Å². The largest absolute Gasteiger partial charge is 0.0588 e. The van der Waals surface area contributed by atoms with Crippen LogP contribution < -0.4 is 0 Å². The molecule has 1 atom stereocenters. The highest BCUT2D eigenvalue weighted by molar-refractivity contribution is 9.11. The zero-order valence-electron chi connectivity index (χ0n) is 8.07. The molecule has 1 aromatic rings. The molecule has 0 saturated carbocycles. The molecule has 0 N–H and O–H groups in total. The van der Waals surface area contributed by atoms with Gasteiger partial charge in [-0.15, -0.1) is 0 Å². The molecule has 0 aliphatic carbocycles. The van der Waals surface area contributed by atoms with E-state index in [1.54, 1.807) is 0 Å². The van der Waals surface area contributed by atoms with E-state index in [1.807, 2.05) is 6.07 Å². The molecule has 0 fully saturated rings. The molecule has 0 aliphatic heterocycles. The molecule has 0 aliphatic rings. The van der Waals surface area contributed by atoms with Crippen molar-refractivity contribution in [2.45, 2.75) is 26.7 Å². The van der Waals surface area contributed by atoms with Crippen molar-refractivity contribution < 1.29 is 0 Å². The quantitative estimate of drug-likeness (QED) is 0.727. The van der Waals surface area contributed by atoms with E-state index in [9.17, 15) is 0 Å². The summed E-state index contributed by atoms with van der Waals surface area (Å²) in [6.45, 7) is 6.55. The Hall–Kier alpha value is 0.180. The maximum atomic E-state index is 3.57. The van der Waals surface area contributed by atoms with Crippen LogP contribution in [-0.4, -0.2) is 0 Å². The van der Waals surface area contributed by atoms with Gasteiger partial charge in [-0.1, -0.05) is 52.6 Å². The number of halogens is 2. The molecule has 1 rings (SSSR count). The third-order valence-corrected chi connectivity index (χ3v) is 3.51. The molecule has 0 saturated heterocycles. The first kappa shape index (κ1) is 11.3. The van der Waals surface area contributed by atoms with Crippen LogP contribution in [0.5, 0.6) is 0 Å². The Morgan fingerprint density at radius 1 is 1.23 bits per heavy atom. The van der Waals surface area contributed by atoms with E-state index < -0.39 is 0 Å². The van der Waals surface area contributed by atoms with Crippen molar-refractivity contribution >= 4 is 31.9 Å². The van der Waals surface area contributed by atoms with Gasteiger partial charge in [-0.25, -0.2) is 0 Å². The minimum atomic E-state index is 0.506. The molecule has 1 aromatic carbocycles. The van der Waals surface area contributed by atoms with Crippen molar-refractivity contribution in [3.05, 3.63) is 38.6 Å². The van der Waals surface area contributed by atoms with Crippen LogP contribution in [0.2, 0.25) is 0 Å². The SMILES string of the molecule is C[C](C)C(C)c1cc(Br)ccc1Br. The summed E-state index contributed by atoms with van der Waals surface area (Å²) < 4.78 is 2.32. The lowest BCUT2D eigenvalue weighted by Gasteiger charge is -2.17. The number of hydrogen-bond donors (Lipinski definition) is 0. The number of hydrogen-bond acceptors (Lipinski definition) is 0. The molecule has 0 nitrogen and oxygen atoms in total. The second kappa shape index (κ2) is 4.61. The monoisotopic (exact) mass is 303 g/mol. The first-order valence-electron chi connectivity index (χ1n) is 4.27. The van der Waals surface area contributed by atoms with Crippen LogP contribution in [0.1, 0.15) is 32.3 Å². The predicted molar refractivity (Wildman–Crippen MR) is 64.8 cm³/mol. The Bertz CT molecular complexity index is 292. The van der Waals surface area contributed by atoms with Crippen LogP contribution in [0.4, 0.5) is 0 Å². The lowest BCUT2D eigenvalue weighted by molar-refractivity contribution is 0.771. The Balaban J connectivity index is 3.05. The second-order valence-corrected chi connectivity index (χ2v) is 5.23. The summed E-state index contributed by atoms with van der Waals surface area (Å²) in [6.07, 6.45) is 0. The standard InChI is InChI=1S/C11H13Br2/c1-7(2)8(3)10-6-9(12)4-5-11(10)13/h4-6,8H,1-3H3. The average Bonchev–Trinajstić information content (AvgIpc) is 2.08. The van der Waals surface area contributed by atoms with Crippen molar-refractivity contribution in [1.82, 2.24) is 0 Å². The molecule has 0 heterocycles. The van der Waals surface area contributed by atoms with Crippen LogP contribution in [0.3, 0.4) is 0 Å². The average molecular weight is 305 g/mol. The number of benzene rings is 1. The van der Waals surface area contributed by atoms with Crippen molar-refractivity contribution in [3.8, 4) is 0 Å². The fourth-order valence-electron chi connectivity index (χ4n) is 1.16. The first-order chi connectivity index (χ1) is 6.02. The Kier molecular flexibility index (Phi) is 3.99. The van der Waals surface area contributed by atoms with Crippen molar-refractivity contribution in [1.29, 1.82) is 0 Å². The summed E-state index contributed by atoms with van der Waals surface area (Å²) in [7, 11) is 0. The molecule has 0 amide bonds. The molecular weight excluding hydrogens is 292 g/mol. The summed E-state index contributed by atoms with van der Waals surface area (Å²) in [5.41, 5.74) is 1.34. The van der Waals surface area contributed by atoms with Gasteiger partial charge in [-0.2, -0.15) is 0 Å². The van der Waals surface area contributed by atoms with Crippen LogP contribution in [0, 0.1) is 5.92 Å². The van der Waals surface area contributed by atoms with Gasteiger partial charge in [0.1, 0.15) is 0 Å². The maximum Gasteiger partial charge on any atom is 0.0211 e. The van der Waals surface area contributed by atoms with Gasteiger partial charge in [-0.3, -0.25) is 0 Å². The van der Waals surface area contributed by atoms with Gasteiger partial charge >= 0.3 is 0 Å². The topological polar surface area (TPSA) is 0 Å². The maximum absolute atomic E-state index is 3.57. The van der Waals surface area contributed by atoms with Crippen LogP contribution in [0.15, 0.2) is 27.1 Å². The van der Waals surface area contributed by atoms with Crippen molar-refractivity contribution in [2.24, 2.45) is 0 Å². The van der Waals surface area contributed by atoms with Gasteiger partial charge in [0, 0.05) is 8.95 Å². The second-order valence-electron chi connectivity index (χ2n) is 3.46. The molecule has 0 bridgehead atoms. The van der Waals surface area contributed by atoms with E-state index in [1.165, 1.54) is 16.0 Å². The lowest BCUT2D eigenvalue weighted by atomic mass is 9.90. The summed E-state index contributed by atoms with van der Waals surface area (Å²) in [6, 6.07) is 6.30. The van der Waals surface area contributed by atoms with E-state index in [0.29, 0.717) is 5.92 Å². The Morgan fingerprint density at radius 2 is 1.85 bits per heavy atom. The minimum Gasteiger partial charge on any atom is -0.0588 e. The molecule has 1 unspecified atom stereocenters. The molecule has 0 spiro atoms. The van der Waals surface area contributed by atoms with Gasteiger partial charge in [0.15, 0.2) is 0 Å². The summed E-state index contributed by atoms with van der Waals surface area (Å²) in [4.78, 5) is 0. The zero-order valence-corrected chi connectivity index (χ0v) is 11.2. The van der Waals surface area contributed by atoms with Gasteiger partial charge in [0.2, 0.25) is 0 Å². The smallest absolute Gasteiger partial charge is 0.0211 e. The fraction of sp³-hybridized carbons (Fsp3) is 0.364. The van der Waals surface area contributed by atoms with E-state index >= 15 is 0 Å². The first-order valence-corrected chi connectivity index (χ1v) is 5.86. The van der Waals surface area contributed by atoms with Gasteiger partial charge in [0.05, 0.1) is 0 Å². The normalized spacial score (nSPS) is 13.4. The third kappa shape index (κ3) is 2.81. The fourth-order valence-corrected chi connectivity index (χ4v) is 2.13. The molecule has 1 radical (unpaired) electrons. The minimum absolute atomic E-state index is 0.506. The highest BCUT2D eigenvalue weighted by Gasteiger charge is 2.13. The van der Waals surface area contributed by atoms with Crippen molar-refractivity contribution in [2.75, 3.05) is 0 Å². The van der Waals surface area contributed by atoms with Crippen molar-refractivity contribution in [3.63, 3.8) is 0 Å². The molecular formula is C11H13Br2. The highest BCUT2D eigenvalue weighted by Crippen LogP contribution is 2.32. The van der Waals surface area contributed by atoms with Gasteiger partial charge < -0.3 is 0 Å². The predicted octanol–water partition coefficient (Wildman–Crippen LogP) is 4.93. The summed E-state index contributed by atoms with van der Waals surface area (Å²) in [5.74, 6) is 1.94. The van der Waals surface area contributed by atoms with Crippen LogP contribution >= 0.6 is 31.9 Å². The molecule has 0 aromatic heterocycles. The molecule has 2 heteroatoms. The molecule has 71 valence electrons. The van der Waals surface area contributed by atoms with E-state index in [4.69, 9.17) is 0 Å². The molecule has 13 heavy (non-hydrogen) atoms. The van der Waals surface area contributed by atoms with E-state index in [2.05, 4.69) is 64.8 Å². The number of rotatable bonds is 2. The lowest BCUT2D eigenvalue weighted by Crippen LogP contribution is -2.00. The summed E-state index contributed by atoms with van der Waals surface area (Å²) >= 11 is 7.05. The van der Waals surface area contributed by atoms with Crippen LogP contribution in [-0.2, 0) is 0 Å². The van der Waals surface area contributed by atoms with Gasteiger partial charge in [0.25, 0.3) is 0 Å². The summed E-state index contributed by atoms with van der Waals surface area (Å²) in [5, 5.41) is 0. The van der Waals surface area contributed by atoms with Crippen LogP contribution in [0.25, 0.3) is 0 Å².